The molecule has 2 nitrogen and oxygen atoms in total. The summed E-state index contributed by atoms with van der Waals surface area (Å²) in [5, 5.41) is 0. The first kappa shape index (κ1) is 15.4. The van der Waals surface area contributed by atoms with Crippen molar-refractivity contribution in [2.45, 2.75) is 17.6 Å². The van der Waals surface area contributed by atoms with Crippen LogP contribution in [0.4, 0.5) is 0 Å². The number of methoxy groups -OCH3 is 1. The van der Waals surface area contributed by atoms with Crippen molar-refractivity contribution in [1.29, 1.82) is 0 Å². The number of allylic oxidation sites excluding steroid dienone is 1. The van der Waals surface area contributed by atoms with Crippen LogP contribution in [0.15, 0.2) is 65.6 Å². The molecule has 0 atom stereocenters. The Kier molecular flexibility index (Phi) is 5.64. The van der Waals surface area contributed by atoms with Crippen molar-refractivity contribution < 1.29 is 9.53 Å². The molecular formula is C18H18O2S. The number of hydrogen-bond donors (Lipinski definition) is 0. The second-order valence-electron chi connectivity index (χ2n) is 4.45. The average molecular weight is 298 g/mol. The van der Waals surface area contributed by atoms with E-state index in [1.165, 1.54) is 12.0 Å². The summed E-state index contributed by atoms with van der Waals surface area (Å²) in [4.78, 5) is 13.1. The van der Waals surface area contributed by atoms with Crippen molar-refractivity contribution in [3.63, 3.8) is 0 Å². The Labute approximate surface area is 129 Å². The standard InChI is InChI=1S/C18H18O2S/c1-3-16(18(19)20-2)17-12-8-7-9-14(17)13-21-15-10-5-4-6-11-15/h3-12H,13H2,1-2H3. The molecule has 0 saturated carbocycles. The fourth-order valence-electron chi connectivity index (χ4n) is 2.08. The van der Waals surface area contributed by atoms with Crippen LogP contribution < -0.4 is 0 Å². The minimum atomic E-state index is -0.297. The van der Waals surface area contributed by atoms with Crippen molar-refractivity contribution in [1.82, 2.24) is 0 Å². The number of benzene rings is 2. The predicted molar refractivity (Wildman–Crippen MR) is 88.1 cm³/mol. The zero-order valence-electron chi connectivity index (χ0n) is 12.2. The second kappa shape index (κ2) is 7.70. The number of ether oxygens (including phenoxy) is 1. The van der Waals surface area contributed by atoms with E-state index in [2.05, 4.69) is 18.2 Å². The van der Waals surface area contributed by atoms with Gasteiger partial charge in [-0.3, -0.25) is 0 Å². The van der Waals surface area contributed by atoms with Crippen LogP contribution in [-0.2, 0) is 15.3 Å². The van der Waals surface area contributed by atoms with Gasteiger partial charge in [0.25, 0.3) is 0 Å². The maximum Gasteiger partial charge on any atom is 0.338 e. The molecule has 0 fully saturated rings. The van der Waals surface area contributed by atoms with E-state index in [0.717, 1.165) is 16.9 Å². The van der Waals surface area contributed by atoms with Gasteiger partial charge in [0.2, 0.25) is 0 Å². The molecule has 0 saturated heterocycles. The number of hydrogen-bond acceptors (Lipinski definition) is 3. The number of rotatable bonds is 5. The number of carbonyl (C=O) groups is 1. The lowest BCUT2D eigenvalue weighted by Gasteiger charge is -2.11. The van der Waals surface area contributed by atoms with Crippen molar-refractivity contribution >= 4 is 23.3 Å². The van der Waals surface area contributed by atoms with E-state index in [-0.39, 0.29) is 5.97 Å². The lowest BCUT2D eigenvalue weighted by molar-refractivity contribution is -0.133. The van der Waals surface area contributed by atoms with Crippen molar-refractivity contribution in [3.05, 3.63) is 71.8 Å². The van der Waals surface area contributed by atoms with Gasteiger partial charge < -0.3 is 4.74 Å². The smallest absolute Gasteiger partial charge is 0.338 e. The Bertz CT molecular complexity index is 633. The van der Waals surface area contributed by atoms with E-state index in [0.29, 0.717) is 5.57 Å². The fraction of sp³-hybridized carbons (Fsp3) is 0.167. The number of carbonyl (C=O) groups excluding carboxylic acids is 1. The molecule has 0 radical (unpaired) electrons. The third-order valence-electron chi connectivity index (χ3n) is 3.14. The topological polar surface area (TPSA) is 26.3 Å². The second-order valence-corrected chi connectivity index (χ2v) is 5.50. The monoisotopic (exact) mass is 298 g/mol. The van der Waals surface area contributed by atoms with Crippen LogP contribution in [0.1, 0.15) is 18.1 Å². The summed E-state index contributed by atoms with van der Waals surface area (Å²) in [5.41, 5.74) is 2.68. The summed E-state index contributed by atoms with van der Waals surface area (Å²) in [5.74, 6) is 0.517. The van der Waals surface area contributed by atoms with E-state index < -0.39 is 0 Å². The highest BCUT2D eigenvalue weighted by molar-refractivity contribution is 7.98. The van der Waals surface area contributed by atoms with Gasteiger partial charge >= 0.3 is 5.97 Å². The highest BCUT2D eigenvalue weighted by Crippen LogP contribution is 2.28. The highest BCUT2D eigenvalue weighted by Gasteiger charge is 2.14. The normalized spacial score (nSPS) is 11.2. The minimum absolute atomic E-state index is 0.297. The first-order chi connectivity index (χ1) is 10.3. The molecular weight excluding hydrogens is 280 g/mol. The quantitative estimate of drug-likeness (QED) is 0.460. The molecule has 3 heteroatoms. The summed E-state index contributed by atoms with van der Waals surface area (Å²) < 4.78 is 4.86. The molecule has 108 valence electrons. The van der Waals surface area contributed by atoms with Crippen molar-refractivity contribution in [2.75, 3.05) is 7.11 Å². The molecule has 2 aromatic rings. The Morgan fingerprint density at radius 2 is 1.76 bits per heavy atom. The minimum Gasteiger partial charge on any atom is -0.465 e. The molecule has 0 aromatic heterocycles. The molecule has 0 amide bonds. The summed E-state index contributed by atoms with van der Waals surface area (Å²) in [6, 6.07) is 18.2. The van der Waals surface area contributed by atoms with E-state index in [1.807, 2.05) is 43.3 Å². The Morgan fingerprint density at radius 3 is 2.43 bits per heavy atom. The summed E-state index contributed by atoms with van der Waals surface area (Å²) in [7, 11) is 1.41. The van der Waals surface area contributed by atoms with Gasteiger partial charge in [0.05, 0.1) is 12.7 Å². The van der Waals surface area contributed by atoms with Crippen LogP contribution in [-0.4, -0.2) is 13.1 Å². The molecule has 0 spiro atoms. The van der Waals surface area contributed by atoms with Gasteiger partial charge in [0.1, 0.15) is 0 Å². The van der Waals surface area contributed by atoms with Crippen molar-refractivity contribution in [3.8, 4) is 0 Å². The molecule has 0 aliphatic rings. The van der Waals surface area contributed by atoms with Crippen LogP contribution >= 0.6 is 11.8 Å². The van der Waals surface area contributed by atoms with Gasteiger partial charge in [-0.15, -0.1) is 11.8 Å². The number of esters is 1. The summed E-state index contributed by atoms with van der Waals surface area (Å²) in [6.45, 7) is 1.85. The van der Waals surface area contributed by atoms with Gasteiger partial charge in [-0.05, 0) is 30.2 Å². The van der Waals surface area contributed by atoms with Crippen LogP contribution in [0.25, 0.3) is 5.57 Å². The zero-order chi connectivity index (χ0) is 15.1. The highest BCUT2D eigenvalue weighted by atomic mass is 32.2. The Balaban J connectivity index is 2.23. The largest absolute Gasteiger partial charge is 0.465 e. The van der Waals surface area contributed by atoms with Gasteiger partial charge in [0, 0.05) is 10.6 Å². The molecule has 0 aliphatic heterocycles. The maximum atomic E-state index is 11.9. The van der Waals surface area contributed by atoms with Crippen LogP contribution in [0, 0.1) is 0 Å². The van der Waals surface area contributed by atoms with Gasteiger partial charge in [-0.2, -0.15) is 0 Å². The average Bonchev–Trinajstić information content (AvgIpc) is 2.55. The fourth-order valence-corrected chi connectivity index (χ4v) is 3.00. The first-order valence-corrected chi connectivity index (χ1v) is 7.75. The molecule has 0 aliphatic carbocycles. The molecule has 0 bridgehead atoms. The molecule has 2 rings (SSSR count). The summed E-state index contributed by atoms with van der Waals surface area (Å²) >= 11 is 1.76. The molecule has 2 aromatic carbocycles. The lowest BCUT2D eigenvalue weighted by Crippen LogP contribution is -2.05. The van der Waals surface area contributed by atoms with Crippen LogP contribution in [0.2, 0.25) is 0 Å². The maximum absolute atomic E-state index is 11.9. The third-order valence-corrected chi connectivity index (χ3v) is 4.20. The molecule has 0 unspecified atom stereocenters. The van der Waals surface area contributed by atoms with E-state index in [9.17, 15) is 4.79 Å². The predicted octanol–water partition coefficient (Wildman–Crippen LogP) is 4.56. The van der Waals surface area contributed by atoms with E-state index in [4.69, 9.17) is 4.74 Å². The summed E-state index contributed by atoms with van der Waals surface area (Å²) in [6.07, 6.45) is 1.80. The third kappa shape index (κ3) is 3.99. The SMILES string of the molecule is CC=C(C(=O)OC)c1ccccc1CSc1ccccc1. The van der Waals surface area contributed by atoms with Gasteiger partial charge in [0.15, 0.2) is 0 Å². The van der Waals surface area contributed by atoms with Crippen LogP contribution in [0.5, 0.6) is 0 Å². The molecule has 0 heterocycles. The van der Waals surface area contributed by atoms with Crippen molar-refractivity contribution in [2.24, 2.45) is 0 Å². The van der Waals surface area contributed by atoms with Gasteiger partial charge in [-0.1, -0.05) is 48.5 Å². The Morgan fingerprint density at radius 1 is 1.10 bits per heavy atom. The van der Waals surface area contributed by atoms with E-state index >= 15 is 0 Å². The molecule has 21 heavy (non-hydrogen) atoms. The Hall–Kier alpha value is -2.00. The lowest BCUT2D eigenvalue weighted by atomic mass is 10.0. The first-order valence-electron chi connectivity index (χ1n) is 6.77. The van der Waals surface area contributed by atoms with Crippen LogP contribution in [0.3, 0.4) is 0 Å². The number of thioether (sulfide) groups is 1. The molecule has 0 N–H and O–H groups in total. The van der Waals surface area contributed by atoms with Gasteiger partial charge in [-0.25, -0.2) is 4.79 Å². The zero-order valence-corrected chi connectivity index (χ0v) is 13.0. The van der Waals surface area contributed by atoms with E-state index in [1.54, 1.807) is 17.8 Å².